The Morgan fingerprint density at radius 1 is 0.765 bits per heavy atom. The van der Waals surface area contributed by atoms with Crippen molar-refractivity contribution in [2.75, 3.05) is 0 Å². The fourth-order valence-electron chi connectivity index (χ4n) is 1.75. The second-order valence-corrected chi connectivity index (χ2v) is 5.70. The summed E-state index contributed by atoms with van der Waals surface area (Å²) in [6, 6.07) is 15.8. The molecule has 86 valence electrons. The average Bonchev–Trinajstić information content (AvgIpc) is 2.41. The number of benzene rings is 2. The van der Waals surface area contributed by atoms with Gasteiger partial charge in [-0.1, -0.05) is 0 Å². The SMILES string of the molecule is BrBr.O=c1c2ccccc2[se]c2ccccc12. The molecule has 0 atom stereocenters. The number of hydrogen-bond acceptors (Lipinski definition) is 1. The van der Waals surface area contributed by atoms with Gasteiger partial charge in [-0.05, 0) is 0 Å². The minimum absolute atomic E-state index is 0.175. The number of halogens is 2. The van der Waals surface area contributed by atoms with Crippen LogP contribution in [0.3, 0.4) is 0 Å². The van der Waals surface area contributed by atoms with Crippen LogP contribution in [0.5, 0.6) is 0 Å². The molecule has 4 heteroatoms. The van der Waals surface area contributed by atoms with E-state index in [1.165, 1.54) is 8.52 Å². The molecule has 0 aliphatic heterocycles. The van der Waals surface area contributed by atoms with Gasteiger partial charge in [0.25, 0.3) is 0 Å². The van der Waals surface area contributed by atoms with E-state index in [2.05, 4.69) is 40.4 Å². The Morgan fingerprint density at radius 3 is 1.65 bits per heavy atom. The van der Waals surface area contributed by atoms with E-state index in [0.29, 0.717) is 0 Å². The fraction of sp³-hybridized carbons (Fsp3) is 0. The summed E-state index contributed by atoms with van der Waals surface area (Å²) in [6.45, 7) is 0. The standard InChI is InChI=1S/C13H8OSe.Br2/c14-13-9-5-1-3-7-11(9)15-12-8-4-2-6-10(12)13;1-2/h1-8H;. The van der Waals surface area contributed by atoms with E-state index in [1.54, 1.807) is 0 Å². The molecule has 0 saturated carbocycles. The normalized spacial score (nSPS) is 10.0. The van der Waals surface area contributed by atoms with Crippen molar-refractivity contribution >= 4 is 62.1 Å². The van der Waals surface area contributed by atoms with Crippen molar-refractivity contribution in [1.29, 1.82) is 0 Å². The third kappa shape index (κ3) is 2.55. The van der Waals surface area contributed by atoms with Crippen LogP contribution in [-0.2, 0) is 0 Å². The van der Waals surface area contributed by atoms with Crippen molar-refractivity contribution in [1.82, 2.24) is 0 Å². The third-order valence-corrected chi connectivity index (χ3v) is 4.90. The Kier molecular flexibility index (Phi) is 4.57. The summed E-state index contributed by atoms with van der Waals surface area (Å²) in [7, 11) is 0. The van der Waals surface area contributed by atoms with Gasteiger partial charge in [-0.25, -0.2) is 0 Å². The molecule has 0 unspecified atom stereocenters. The summed E-state index contributed by atoms with van der Waals surface area (Å²) < 4.78 is 2.41. The van der Waals surface area contributed by atoms with Crippen LogP contribution >= 0.6 is 28.3 Å². The van der Waals surface area contributed by atoms with Gasteiger partial charge in [0.05, 0.1) is 0 Å². The van der Waals surface area contributed by atoms with Crippen LogP contribution in [0.15, 0.2) is 53.3 Å². The van der Waals surface area contributed by atoms with E-state index >= 15 is 0 Å². The van der Waals surface area contributed by atoms with Gasteiger partial charge in [0.15, 0.2) is 0 Å². The summed E-state index contributed by atoms with van der Waals surface area (Å²) in [4.78, 5) is 12.1. The van der Waals surface area contributed by atoms with Gasteiger partial charge in [-0.3, -0.25) is 0 Å². The average molecular weight is 419 g/mol. The first-order chi connectivity index (χ1) is 8.36. The Hall–Kier alpha value is -0.411. The van der Waals surface area contributed by atoms with Crippen molar-refractivity contribution in [2.45, 2.75) is 0 Å². The van der Waals surface area contributed by atoms with Crippen LogP contribution < -0.4 is 5.43 Å². The molecule has 0 fully saturated rings. The molecule has 1 nitrogen and oxygen atoms in total. The molecule has 3 rings (SSSR count). The van der Waals surface area contributed by atoms with Crippen LogP contribution in [-0.4, -0.2) is 14.5 Å². The summed E-state index contributed by atoms with van der Waals surface area (Å²) in [5, 5.41) is 1.77. The Balaban J connectivity index is 0.000000514. The summed E-state index contributed by atoms with van der Waals surface area (Å²) in [5.41, 5.74) is 0.175. The van der Waals surface area contributed by atoms with E-state index in [4.69, 9.17) is 0 Å². The van der Waals surface area contributed by atoms with Gasteiger partial charge >= 0.3 is 92.6 Å². The van der Waals surface area contributed by atoms with Gasteiger partial charge in [-0.15, -0.1) is 0 Å². The third-order valence-electron chi connectivity index (χ3n) is 2.48. The maximum absolute atomic E-state index is 12.1. The predicted octanol–water partition coefficient (Wildman–Crippen LogP) is 4.10. The zero-order valence-electron chi connectivity index (χ0n) is 8.69. The van der Waals surface area contributed by atoms with Gasteiger partial charge in [-0.2, -0.15) is 0 Å². The molecule has 17 heavy (non-hydrogen) atoms. The molecule has 2 aromatic carbocycles. The van der Waals surface area contributed by atoms with Crippen molar-refractivity contribution in [3.05, 3.63) is 58.8 Å². The summed E-state index contributed by atoms with van der Waals surface area (Å²) in [6.07, 6.45) is 0. The number of fused-ring (bicyclic) bond motifs is 2. The Morgan fingerprint density at radius 2 is 1.18 bits per heavy atom. The van der Waals surface area contributed by atoms with E-state index < -0.39 is 0 Å². The first-order valence-corrected chi connectivity index (χ1v) is 10.3. The maximum atomic E-state index is 12.1. The molecule has 0 aliphatic rings. The quantitative estimate of drug-likeness (QED) is 0.397. The molecular formula is C13H8Br2OSe. The molecule has 0 saturated heterocycles. The predicted molar refractivity (Wildman–Crippen MR) is 82.5 cm³/mol. The number of rotatable bonds is 0. The first-order valence-electron chi connectivity index (χ1n) is 4.91. The van der Waals surface area contributed by atoms with Gasteiger partial charge in [0.1, 0.15) is 0 Å². The number of hydrogen-bond donors (Lipinski definition) is 0. The molecule has 0 aliphatic carbocycles. The topological polar surface area (TPSA) is 17.1 Å². The van der Waals surface area contributed by atoms with Crippen molar-refractivity contribution in [2.24, 2.45) is 0 Å². The molecule has 1 aromatic heterocycles. The van der Waals surface area contributed by atoms with E-state index in [0.717, 1.165) is 10.8 Å². The van der Waals surface area contributed by atoms with Crippen LogP contribution in [0, 0.1) is 0 Å². The Bertz CT molecular complexity index is 649. The zero-order valence-corrected chi connectivity index (χ0v) is 13.6. The van der Waals surface area contributed by atoms with E-state index in [9.17, 15) is 4.79 Å². The minimum atomic E-state index is 0.175. The molecule has 0 radical (unpaired) electrons. The first kappa shape index (κ1) is 13.0. The van der Waals surface area contributed by atoms with Crippen LogP contribution in [0.25, 0.3) is 19.3 Å². The van der Waals surface area contributed by atoms with E-state index in [1.807, 2.05) is 36.4 Å². The van der Waals surface area contributed by atoms with Crippen LogP contribution in [0.4, 0.5) is 0 Å². The molecule has 0 amide bonds. The fourth-order valence-corrected chi connectivity index (χ4v) is 4.00. The van der Waals surface area contributed by atoms with Crippen molar-refractivity contribution < 1.29 is 0 Å². The second-order valence-electron chi connectivity index (χ2n) is 3.42. The van der Waals surface area contributed by atoms with Gasteiger partial charge in [0.2, 0.25) is 0 Å². The molecule has 0 spiro atoms. The molecular weight excluding hydrogens is 411 g/mol. The van der Waals surface area contributed by atoms with Crippen LogP contribution in [0.2, 0.25) is 0 Å². The molecule has 1 heterocycles. The second kappa shape index (κ2) is 5.96. The monoisotopic (exact) mass is 418 g/mol. The van der Waals surface area contributed by atoms with E-state index in [-0.39, 0.29) is 19.9 Å². The van der Waals surface area contributed by atoms with Crippen molar-refractivity contribution in [3.63, 3.8) is 0 Å². The molecule has 0 bridgehead atoms. The molecule has 0 N–H and O–H groups in total. The van der Waals surface area contributed by atoms with Gasteiger partial charge in [0, 0.05) is 28.3 Å². The van der Waals surface area contributed by atoms with Crippen LogP contribution in [0.1, 0.15) is 0 Å². The molecule has 3 aromatic rings. The van der Waals surface area contributed by atoms with Gasteiger partial charge < -0.3 is 0 Å². The summed E-state index contributed by atoms with van der Waals surface area (Å²) >= 11 is 5.78. The van der Waals surface area contributed by atoms with Crippen molar-refractivity contribution in [3.8, 4) is 0 Å². The Labute approximate surface area is 120 Å². The zero-order chi connectivity index (χ0) is 12.3. The summed E-state index contributed by atoms with van der Waals surface area (Å²) in [5.74, 6) is 0.